The van der Waals surface area contributed by atoms with E-state index in [2.05, 4.69) is 21.0 Å². The Balaban J connectivity index is 2.05. The molecule has 0 bridgehead atoms. The maximum Gasteiger partial charge on any atom is 0.256 e. The molecular weight excluding hydrogens is 270 g/mol. The first-order valence-electron chi connectivity index (χ1n) is 4.81. The van der Waals surface area contributed by atoms with Crippen LogP contribution in [0.4, 0.5) is 5.69 Å². The summed E-state index contributed by atoms with van der Waals surface area (Å²) in [4.78, 5) is 0. The van der Waals surface area contributed by atoms with E-state index in [1.54, 1.807) is 10.9 Å². The third-order valence-electron chi connectivity index (χ3n) is 2.09. The first-order chi connectivity index (χ1) is 7.65. The minimum absolute atomic E-state index is 0.459. The second kappa shape index (κ2) is 4.57. The van der Waals surface area contributed by atoms with Crippen molar-refractivity contribution in [2.24, 2.45) is 7.05 Å². The molecule has 84 valence electrons. The fraction of sp³-hybridized carbons (Fsp3) is 0.182. The van der Waals surface area contributed by atoms with Gasteiger partial charge in [-0.15, -0.1) is 5.10 Å². The van der Waals surface area contributed by atoms with Crippen molar-refractivity contribution < 1.29 is 4.74 Å². The van der Waals surface area contributed by atoms with Crippen molar-refractivity contribution in [1.29, 1.82) is 0 Å². The second-order valence-electron chi connectivity index (χ2n) is 3.48. The second-order valence-corrected chi connectivity index (χ2v) is 4.40. The minimum Gasteiger partial charge on any atom is -0.470 e. The monoisotopic (exact) mass is 281 g/mol. The van der Waals surface area contributed by atoms with Crippen molar-refractivity contribution in [2.45, 2.75) is 6.61 Å². The smallest absolute Gasteiger partial charge is 0.256 e. The van der Waals surface area contributed by atoms with E-state index in [0.717, 1.165) is 10.0 Å². The van der Waals surface area contributed by atoms with Crippen LogP contribution in [0, 0.1) is 0 Å². The van der Waals surface area contributed by atoms with Gasteiger partial charge in [0.2, 0.25) is 0 Å². The normalized spacial score (nSPS) is 10.4. The van der Waals surface area contributed by atoms with Gasteiger partial charge in [-0.3, -0.25) is 4.68 Å². The van der Waals surface area contributed by atoms with Gasteiger partial charge in [0.15, 0.2) is 0 Å². The van der Waals surface area contributed by atoms with E-state index in [9.17, 15) is 0 Å². The Morgan fingerprint density at radius 2 is 2.31 bits per heavy atom. The zero-order chi connectivity index (χ0) is 11.5. The molecule has 1 aromatic heterocycles. The molecule has 2 aromatic rings. The molecule has 16 heavy (non-hydrogen) atoms. The lowest BCUT2D eigenvalue weighted by molar-refractivity contribution is 0.292. The zero-order valence-corrected chi connectivity index (χ0v) is 10.4. The summed E-state index contributed by atoms with van der Waals surface area (Å²) in [6, 6.07) is 7.92. The van der Waals surface area contributed by atoms with Gasteiger partial charge in [0.1, 0.15) is 12.3 Å². The Morgan fingerprint density at radius 3 is 2.94 bits per heavy atom. The molecule has 4 nitrogen and oxygen atoms in total. The van der Waals surface area contributed by atoms with Crippen molar-refractivity contribution in [3.05, 3.63) is 40.5 Å². The van der Waals surface area contributed by atoms with Crippen LogP contribution in [-0.4, -0.2) is 9.78 Å². The Kier molecular flexibility index (Phi) is 3.14. The molecular formula is C11H12BrN3O. The summed E-state index contributed by atoms with van der Waals surface area (Å²) in [7, 11) is 1.81. The number of aromatic nitrogens is 2. The number of anilines is 1. The highest BCUT2D eigenvalue weighted by Crippen LogP contribution is 2.19. The SMILES string of the molecule is Cn1cc(N)c(OCc2cccc(Br)c2)n1. The Hall–Kier alpha value is -1.49. The number of ether oxygens (including phenoxy) is 1. The molecule has 0 unspecified atom stereocenters. The van der Waals surface area contributed by atoms with Gasteiger partial charge < -0.3 is 10.5 Å². The van der Waals surface area contributed by atoms with Crippen LogP contribution in [0.2, 0.25) is 0 Å². The van der Waals surface area contributed by atoms with E-state index in [1.165, 1.54) is 0 Å². The number of benzene rings is 1. The lowest BCUT2D eigenvalue weighted by Gasteiger charge is -2.04. The molecule has 0 amide bonds. The molecule has 2 rings (SSSR count). The highest BCUT2D eigenvalue weighted by molar-refractivity contribution is 9.10. The summed E-state index contributed by atoms with van der Waals surface area (Å²) in [5.74, 6) is 0.475. The zero-order valence-electron chi connectivity index (χ0n) is 8.85. The number of hydrogen-bond donors (Lipinski definition) is 1. The van der Waals surface area contributed by atoms with Crippen LogP contribution in [0.15, 0.2) is 34.9 Å². The molecule has 0 spiro atoms. The molecule has 1 heterocycles. The molecule has 0 aliphatic carbocycles. The van der Waals surface area contributed by atoms with Crippen LogP contribution in [0.3, 0.4) is 0 Å². The number of hydrogen-bond acceptors (Lipinski definition) is 3. The standard InChI is InChI=1S/C11H12BrN3O/c1-15-6-10(13)11(14-15)16-7-8-3-2-4-9(12)5-8/h2-6H,7,13H2,1H3. The fourth-order valence-corrected chi connectivity index (χ4v) is 1.82. The maximum absolute atomic E-state index is 5.72. The molecule has 0 aliphatic rings. The Labute approximate surface area is 102 Å². The van der Waals surface area contributed by atoms with Crippen molar-refractivity contribution in [3.8, 4) is 5.88 Å². The molecule has 2 N–H and O–H groups in total. The van der Waals surface area contributed by atoms with Crippen LogP contribution in [0.25, 0.3) is 0 Å². The minimum atomic E-state index is 0.459. The third kappa shape index (κ3) is 2.55. The van der Waals surface area contributed by atoms with E-state index in [0.29, 0.717) is 18.2 Å². The van der Waals surface area contributed by atoms with Crippen molar-refractivity contribution >= 4 is 21.6 Å². The van der Waals surface area contributed by atoms with E-state index in [1.807, 2.05) is 31.3 Å². The van der Waals surface area contributed by atoms with Gasteiger partial charge in [-0.05, 0) is 17.7 Å². The summed E-state index contributed by atoms with van der Waals surface area (Å²) in [6.07, 6.45) is 1.72. The lowest BCUT2D eigenvalue weighted by Crippen LogP contribution is -1.98. The topological polar surface area (TPSA) is 53.1 Å². The summed E-state index contributed by atoms with van der Waals surface area (Å²) in [6.45, 7) is 0.459. The van der Waals surface area contributed by atoms with Gasteiger partial charge in [0, 0.05) is 11.5 Å². The van der Waals surface area contributed by atoms with Crippen LogP contribution < -0.4 is 10.5 Å². The van der Waals surface area contributed by atoms with E-state index >= 15 is 0 Å². The van der Waals surface area contributed by atoms with Crippen LogP contribution in [0.5, 0.6) is 5.88 Å². The van der Waals surface area contributed by atoms with Gasteiger partial charge >= 0.3 is 0 Å². The number of nitrogens with two attached hydrogens (primary N) is 1. The summed E-state index contributed by atoms with van der Waals surface area (Å²) in [5.41, 5.74) is 7.34. The number of aryl methyl sites for hydroxylation is 1. The fourth-order valence-electron chi connectivity index (χ4n) is 1.38. The molecule has 5 heteroatoms. The average Bonchev–Trinajstić information content (AvgIpc) is 2.54. The number of nitrogens with zero attached hydrogens (tertiary/aromatic N) is 2. The Bertz CT molecular complexity index is 496. The first kappa shape index (κ1) is 11.0. The number of halogens is 1. The van der Waals surface area contributed by atoms with Gasteiger partial charge in [-0.1, -0.05) is 28.1 Å². The molecule has 0 fully saturated rings. The van der Waals surface area contributed by atoms with Crippen LogP contribution in [-0.2, 0) is 13.7 Å². The van der Waals surface area contributed by atoms with Gasteiger partial charge in [-0.2, -0.15) is 0 Å². The van der Waals surface area contributed by atoms with E-state index in [-0.39, 0.29) is 0 Å². The molecule has 1 aromatic carbocycles. The molecule has 0 aliphatic heterocycles. The van der Waals surface area contributed by atoms with E-state index in [4.69, 9.17) is 10.5 Å². The summed E-state index contributed by atoms with van der Waals surface area (Å²) < 4.78 is 8.18. The highest BCUT2D eigenvalue weighted by Gasteiger charge is 2.05. The Morgan fingerprint density at radius 1 is 1.50 bits per heavy atom. The average molecular weight is 282 g/mol. The molecule has 0 radical (unpaired) electrons. The highest BCUT2D eigenvalue weighted by atomic mass is 79.9. The molecule has 0 saturated heterocycles. The van der Waals surface area contributed by atoms with E-state index < -0.39 is 0 Å². The lowest BCUT2D eigenvalue weighted by atomic mass is 10.2. The predicted octanol–water partition coefficient (Wildman–Crippen LogP) is 2.34. The number of nitrogen functional groups attached to an aromatic ring is 1. The van der Waals surface area contributed by atoms with Crippen molar-refractivity contribution in [1.82, 2.24) is 9.78 Å². The predicted molar refractivity (Wildman–Crippen MR) is 66.1 cm³/mol. The van der Waals surface area contributed by atoms with Crippen molar-refractivity contribution in [2.75, 3.05) is 5.73 Å². The summed E-state index contributed by atoms with van der Waals surface area (Å²) >= 11 is 3.41. The van der Waals surface area contributed by atoms with Gasteiger partial charge in [0.25, 0.3) is 5.88 Å². The maximum atomic E-state index is 5.72. The van der Waals surface area contributed by atoms with Gasteiger partial charge in [-0.25, -0.2) is 0 Å². The number of rotatable bonds is 3. The van der Waals surface area contributed by atoms with Crippen LogP contribution >= 0.6 is 15.9 Å². The quantitative estimate of drug-likeness (QED) is 0.940. The molecule has 0 atom stereocenters. The largest absolute Gasteiger partial charge is 0.470 e. The summed E-state index contributed by atoms with van der Waals surface area (Å²) in [5, 5.41) is 4.11. The third-order valence-corrected chi connectivity index (χ3v) is 2.58. The first-order valence-corrected chi connectivity index (χ1v) is 5.61. The van der Waals surface area contributed by atoms with Gasteiger partial charge in [0.05, 0.1) is 6.20 Å². The van der Waals surface area contributed by atoms with Crippen molar-refractivity contribution in [3.63, 3.8) is 0 Å². The van der Waals surface area contributed by atoms with Crippen LogP contribution in [0.1, 0.15) is 5.56 Å². The molecule has 0 saturated carbocycles.